The highest BCUT2D eigenvalue weighted by atomic mass is 35.5. The Morgan fingerprint density at radius 1 is 1.00 bits per heavy atom. The number of fused-ring (bicyclic) bond motifs is 1. The maximum Gasteiger partial charge on any atom is 0.0435 e. The summed E-state index contributed by atoms with van der Waals surface area (Å²) in [5, 5.41) is 4.28. The molecule has 0 radical (unpaired) electrons. The lowest BCUT2D eigenvalue weighted by molar-refractivity contribution is 0.471. The summed E-state index contributed by atoms with van der Waals surface area (Å²) in [7, 11) is 2.05. The van der Waals surface area contributed by atoms with E-state index in [9.17, 15) is 0 Å². The Morgan fingerprint density at radius 2 is 1.68 bits per heavy atom. The number of benzene rings is 2. The summed E-state index contributed by atoms with van der Waals surface area (Å²) in [5.41, 5.74) is 5.45. The van der Waals surface area contributed by atoms with Crippen molar-refractivity contribution in [3.05, 3.63) is 69.7 Å². The lowest BCUT2D eigenvalue weighted by atomic mass is 9.76. The van der Waals surface area contributed by atoms with E-state index < -0.39 is 0 Å². The van der Waals surface area contributed by atoms with Crippen LogP contribution in [-0.2, 0) is 0 Å². The van der Waals surface area contributed by atoms with Gasteiger partial charge in [0.25, 0.3) is 0 Å². The largest absolute Gasteiger partial charge is 0.313 e. The van der Waals surface area contributed by atoms with Crippen LogP contribution in [0.2, 0.25) is 5.02 Å². The topological polar surface area (TPSA) is 12.0 Å². The maximum absolute atomic E-state index is 6.16. The zero-order valence-electron chi connectivity index (χ0n) is 14.0. The number of aryl methyl sites for hydroxylation is 1. The third-order valence-electron chi connectivity index (χ3n) is 4.42. The molecule has 1 N–H and O–H groups in total. The Kier molecular flexibility index (Phi) is 6.05. The molecule has 2 heteroatoms. The van der Waals surface area contributed by atoms with Crippen LogP contribution in [0, 0.1) is 6.92 Å². The van der Waals surface area contributed by atoms with E-state index in [4.69, 9.17) is 11.6 Å². The summed E-state index contributed by atoms with van der Waals surface area (Å²) in [6.07, 6.45) is 2.36. The smallest absolute Gasteiger partial charge is 0.0435 e. The number of nitrogens with one attached hydrogen (secondary N) is 1. The zero-order valence-corrected chi connectivity index (χ0v) is 14.7. The molecule has 2 aromatic carbocycles. The average Bonchev–Trinajstić information content (AvgIpc) is 2.58. The first kappa shape index (κ1) is 17.1. The Balaban J connectivity index is 0.000000847. The molecule has 22 heavy (non-hydrogen) atoms. The van der Waals surface area contributed by atoms with Gasteiger partial charge >= 0.3 is 0 Å². The highest BCUT2D eigenvalue weighted by Gasteiger charge is 2.27. The SMILES string of the molecule is CC.CNC1CCC(c2ccc(Cl)c(C)c2)c2ccccc21. The summed E-state index contributed by atoms with van der Waals surface area (Å²) >= 11 is 6.16. The van der Waals surface area contributed by atoms with E-state index in [2.05, 4.69) is 48.6 Å². The predicted molar refractivity (Wildman–Crippen MR) is 96.9 cm³/mol. The van der Waals surface area contributed by atoms with Crippen LogP contribution in [0.15, 0.2) is 42.5 Å². The molecule has 2 unspecified atom stereocenters. The van der Waals surface area contributed by atoms with Gasteiger partial charge in [-0.05, 0) is 55.1 Å². The first-order valence-electron chi connectivity index (χ1n) is 8.23. The molecule has 3 rings (SSSR count). The molecule has 2 atom stereocenters. The average molecular weight is 316 g/mol. The maximum atomic E-state index is 6.16. The van der Waals surface area contributed by atoms with Crippen molar-refractivity contribution in [2.45, 2.75) is 45.6 Å². The van der Waals surface area contributed by atoms with Crippen LogP contribution in [0.1, 0.15) is 60.9 Å². The van der Waals surface area contributed by atoms with Crippen LogP contribution in [0.25, 0.3) is 0 Å². The fourth-order valence-corrected chi connectivity index (χ4v) is 3.44. The van der Waals surface area contributed by atoms with Crippen molar-refractivity contribution in [3.63, 3.8) is 0 Å². The molecule has 2 aromatic rings. The lowest BCUT2D eigenvalue weighted by Crippen LogP contribution is -2.24. The normalized spacial score (nSPS) is 19.9. The first-order chi connectivity index (χ1) is 10.7. The second-order valence-corrected chi connectivity index (χ2v) is 6.02. The third-order valence-corrected chi connectivity index (χ3v) is 4.85. The van der Waals surface area contributed by atoms with Gasteiger partial charge in [0.05, 0.1) is 0 Å². The van der Waals surface area contributed by atoms with Gasteiger partial charge in [-0.1, -0.05) is 61.8 Å². The molecule has 0 saturated carbocycles. The zero-order chi connectivity index (χ0) is 16.1. The summed E-state index contributed by atoms with van der Waals surface area (Å²) in [6.45, 7) is 6.08. The molecule has 0 bridgehead atoms. The van der Waals surface area contributed by atoms with Gasteiger partial charge in [-0.2, -0.15) is 0 Å². The Labute approximate surface area is 139 Å². The van der Waals surface area contributed by atoms with Gasteiger partial charge in [-0.25, -0.2) is 0 Å². The van der Waals surface area contributed by atoms with E-state index in [0.29, 0.717) is 12.0 Å². The molecular weight excluding hydrogens is 290 g/mol. The highest BCUT2D eigenvalue weighted by Crippen LogP contribution is 2.41. The van der Waals surface area contributed by atoms with Crippen molar-refractivity contribution < 1.29 is 0 Å². The van der Waals surface area contributed by atoms with Gasteiger partial charge in [-0.15, -0.1) is 0 Å². The Morgan fingerprint density at radius 3 is 2.32 bits per heavy atom. The first-order valence-corrected chi connectivity index (χ1v) is 8.60. The van der Waals surface area contributed by atoms with E-state index in [1.807, 2.05) is 27.0 Å². The van der Waals surface area contributed by atoms with Crippen LogP contribution in [-0.4, -0.2) is 7.05 Å². The van der Waals surface area contributed by atoms with Crippen molar-refractivity contribution in [3.8, 4) is 0 Å². The van der Waals surface area contributed by atoms with Gasteiger partial charge in [-0.3, -0.25) is 0 Å². The molecule has 0 spiro atoms. The summed E-state index contributed by atoms with van der Waals surface area (Å²) < 4.78 is 0. The van der Waals surface area contributed by atoms with E-state index in [1.54, 1.807) is 0 Å². The molecule has 0 heterocycles. The minimum atomic E-state index is 0.482. The Bertz CT molecular complexity index is 621. The molecule has 1 nitrogen and oxygen atoms in total. The van der Waals surface area contributed by atoms with Crippen LogP contribution in [0.3, 0.4) is 0 Å². The number of halogens is 1. The van der Waals surface area contributed by atoms with E-state index in [0.717, 1.165) is 10.6 Å². The minimum Gasteiger partial charge on any atom is -0.313 e. The van der Waals surface area contributed by atoms with Gasteiger partial charge in [0.1, 0.15) is 0 Å². The van der Waals surface area contributed by atoms with E-state index in [1.165, 1.54) is 29.5 Å². The molecule has 0 aromatic heterocycles. The lowest BCUT2D eigenvalue weighted by Gasteiger charge is -2.32. The van der Waals surface area contributed by atoms with Crippen molar-refractivity contribution in [2.24, 2.45) is 0 Å². The summed E-state index contributed by atoms with van der Waals surface area (Å²) in [5.74, 6) is 0.492. The molecule has 118 valence electrons. The van der Waals surface area contributed by atoms with E-state index >= 15 is 0 Å². The molecule has 0 saturated heterocycles. The van der Waals surface area contributed by atoms with Gasteiger partial charge < -0.3 is 5.32 Å². The monoisotopic (exact) mass is 315 g/mol. The van der Waals surface area contributed by atoms with Crippen molar-refractivity contribution >= 4 is 11.6 Å². The second kappa shape index (κ2) is 7.80. The van der Waals surface area contributed by atoms with Crippen molar-refractivity contribution in [2.75, 3.05) is 7.05 Å². The van der Waals surface area contributed by atoms with Crippen LogP contribution in [0.4, 0.5) is 0 Å². The predicted octanol–water partition coefficient (Wildman–Crippen LogP) is 5.86. The van der Waals surface area contributed by atoms with Gasteiger partial charge in [0.15, 0.2) is 0 Å². The highest BCUT2D eigenvalue weighted by molar-refractivity contribution is 6.31. The molecular formula is C20H26ClN. The second-order valence-electron chi connectivity index (χ2n) is 5.61. The third kappa shape index (κ3) is 3.37. The molecule has 0 aliphatic heterocycles. The standard InChI is InChI=1S/C18H20ClN.C2H6/c1-12-11-13(7-9-17(12)19)14-8-10-18(20-2)16-6-4-3-5-15(14)16;1-2/h3-7,9,11,14,18,20H,8,10H2,1-2H3;1-2H3. The van der Waals surface area contributed by atoms with Crippen molar-refractivity contribution in [1.29, 1.82) is 0 Å². The fraction of sp³-hybridized carbons (Fsp3) is 0.400. The molecule has 1 aliphatic rings. The number of hydrogen-bond acceptors (Lipinski definition) is 1. The molecule has 1 aliphatic carbocycles. The molecule has 0 amide bonds. The Hall–Kier alpha value is -1.31. The van der Waals surface area contributed by atoms with E-state index in [-0.39, 0.29) is 0 Å². The van der Waals surface area contributed by atoms with Gasteiger partial charge in [0, 0.05) is 17.0 Å². The number of hydrogen-bond donors (Lipinski definition) is 1. The van der Waals surface area contributed by atoms with Crippen LogP contribution < -0.4 is 5.32 Å². The molecule has 0 fully saturated rings. The minimum absolute atomic E-state index is 0.482. The van der Waals surface area contributed by atoms with Crippen LogP contribution >= 0.6 is 11.6 Å². The number of rotatable bonds is 2. The summed E-state index contributed by atoms with van der Waals surface area (Å²) in [4.78, 5) is 0. The van der Waals surface area contributed by atoms with Gasteiger partial charge in [0.2, 0.25) is 0 Å². The summed E-state index contributed by atoms with van der Waals surface area (Å²) in [6, 6.07) is 15.7. The van der Waals surface area contributed by atoms with Crippen LogP contribution in [0.5, 0.6) is 0 Å². The quantitative estimate of drug-likeness (QED) is 0.731. The van der Waals surface area contributed by atoms with Crippen molar-refractivity contribution in [1.82, 2.24) is 5.32 Å². The fourth-order valence-electron chi connectivity index (χ4n) is 3.32.